The van der Waals surface area contributed by atoms with Crippen molar-refractivity contribution in [2.45, 2.75) is 0 Å². The van der Waals surface area contributed by atoms with Crippen molar-refractivity contribution in [2.75, 3.05) is 26.2 Å². The van der Waals surface area contributed by atoms with E-state index in [1.54, 1.807) is 26.0 Å². The maximum absolute atomic E-state index is 12.2. The maximum atomic E-state index is 12.2. The fourth-order valence-electron chi connectivity index (χ4n) is 1.93. The lowest BCUT2D eigenvalue weighted by molar-refractivity contribution is -0.119. The molecular weight excluding hydrogens is 254 g/mol. The van der Waals surface area contributed by atoms with Gasteiger partial charge in [0.1, 0.15) is 11.2 Å². The summed E-state index contributed by atoms with van der Waals surface area (Å²) in [6.45, 7) is 2.26. The van der Waals surface area contributed by atoms with Crippen LogP contribution in [0.4, 0.5) is 0 Å². The molecule has 2 aromatic rings. The zero-order valence-electron chi connectivity index (χ0n) is 9.52. The fourth-order valence-corrected chi connectivity index (χ4v) is 2.54. The number of carbonyl (C=O) groups excluding carboxylic acids is 2. The third-order valence-electron chi connectivity index (χ3n) is 2.96. The van der Waals surface area contributed by atoms with Gasteiger partial charge in [-0.1, -0.05) is 11.3 Å². The molecule has 2 aromatic heterocycles. The van der Waals surface area contributed by atoms with Gasteiger partial charge in [0.25, 0.3) is 5.91 Å². The Kier molecular flexibility index (Phi) is 2.71. The summed E-state index contributed by atoms with van der Waals surface area (Å²) in [7, 11) is 0. The van der Waals surface area contributed by atoms with E-state index in [2.05, 4.69) is 10.1 Å². The molecule has 1 saturated heterocycles. The minimum Gasteiger partial charge on any atom is -0.342 e. The number of hydrogen-bond donors (Lipinski definition) is 0. The topological polar surface area (TPSA) is 70.8 Å². The van der Waals surface area contributed by atoms with Crippen LogP contribution in [0.2, 0.25) is 0 Å². The molecule has 1 aliphatic heterocycles. The number of rotatable bonds is 2. The Labute approximate surface area is 107 Å². The lowest BCUT2D eigenvalue weighted by Crippen LogP contribution is -2.48. The number of fused-ring (bicyclic) bond motifs is 1. The molecule has 0 N–H and O–H groups in total. The number of amides is 2. The van der Waals surface area contributed by atoms with Crippen molar-refractivity contribution < 1.29 is 9.59 Å². The zero-order valence-corrected chi connectivity index (χ0v) is 10.3. The van der Waals surface area contributed by atoms with Gasteiger partial charge in [-0.2, -0.15) is 5.10 Å². The fraction of sp³-hybridized carbons (Fsp3) is 0.400. The van der Waals surface area contributed by atoms with Gasteiger partial charge in [-0.15, -0.1) is 0 Å². The average Bonchev–Trinajstić information content (AvgIpc) is 2.99. The summed E-state index contributed by atoms with van der Waals surface area (Å²) in [5.41, 5.74) is 2.09. The highest BCUT2D eigenvalue weighted by molar-refractivity contribution is 7.14. The molecule has 18 heavy (non-hydrogen) atoms. The molecule has 94 valence electrons. The second-order valence-corrected chi connectivity index (χ2v) is 4.84. The standard InChI is InChI=1S/C10H11N5O2S/c16-7-13-1-3-14(4-2-13)9(17)8-5-15-10(12-8)18-6-11-15/h5-7H,1-4H2. The van der Waals surface area contributed by atoms with Crippen molar-refractivity contribution in [3.63, 3.8) is 0 Å². The van der Waals surface area contributed by atoms with Crippen molar-refractivity contribution in [3.05, 3.63) is 17.4 Å². The molecule has 0 radical (unpaired) electrons. The normalized spacial score (nSPS) is 16.2. The van der Waals surface area contributed by atoms with Crippen LogP contribution in [0.25, 0.3) is 4.96 Å². The summed E-state index contributed by atoms with van der Waals surface area (Å²) >= 11 is 1.39. The van der Waals surface area contributed by atoms with Crippen molar-refractivity contribution in [3.8, 4) is 0 Å². The monoisotopic (exact) mass is 265 g/mol. The van der Waals surface area contributed by atoms with Gasteiger partial charge in [0.2, 0.25) is 11.4 Å². The van der Waals surface area contributed by atoms with Gasteiger partial charge in [0, 0.05) is 26.2 Å². The first-order valence-corrected chi connectivity index (χ1v) is 6.43. The summed E-state index contributed by atoms with van der Waals surface area (Å²) in [4.78, 5) is 31.1. The Morgan fingerprint density at radius 3 is 2.78 bits per heavy atom. The lowest BCUT2D eigenvalue weighted by atomic mass is 10.3. The molecule has 0 aliphatic carbocycles. The molecule has 0 saturated carbocycles. The molecule has 2 amide bonds. The third-order valence-corrected chi connectivity index (χ3v) is 3.64. The van der Waals surface area contributed by atoms with Crippen molar-refractivity contribution in [1.82, 2.24) is 24.4 Å². The molecule has 0 unspecified atom stereocenters. The predicted molar refractivity (Wildman–Crippen MR) is 64.4 cm³/mol. The number of carbonyl (C=O) groups is 2. The van der Waals surface area contributed by atoms with Crippen LogP contribution in [0.3, 0.4) is 0 Å². The molecule has 1 aliphatic rings. The van der Waals surface area contributed by atoms with Gasteiger partial charge >= 0.3 is 0 Å². The third kappa shape index (κ3) is 1.84. The van der Waals surface area contributed by atoms with Crippen molar-refractivity contribution >= 4 is 28.6 Å². The van der Waals surface area contributed by atoms with E-state index >= 15 is 0 Å². The minimum atomic E-state index is -0.0988. The molecule has 1 fully saturated rings. The van der Waals surface area contributed by atoms with E-state index in [-0.39, 0.29) is 5.91 Å². The number of imidazole rings is 1. The number of hydrogen-bond acceptors (Lipinski definition) is 5. The summed E-state index contributed by atoms with van der Waals surface area (Å²) in [6, 6.07) is 0. The number of nitrogens with zero attached hydrogens (tertiary/aromatic N) is 5. The van der Waals surface area contributed by atoms with E-state index in [0.29, 0.717) is 36.8 Å². The van der Waals surface area contributed by atoms with E-state index in [0.717, 1.165) is 6.41 Å². The van der Waals surface area contributed by atoms with Crippen LogP contribution in [0.1, 0.15) is 10.5 Å². The highest BCUT2D eigenvalue weighted by Crippen LogP contribution is 2.12. The van der Waals surface area contributed by atoms with Crippen LogP contribution in [-0.4, -0.2) is 62.9 Å². The highest BCUT2D eigenvalue weighted by Gasteiger charge is 2.23. The molecule has 3 heterocycles. The maximum Gasteiger partial charge on any atom is 0.274 e. The van der Waals surface area contributed by atoms with Crippen LogP contribution >= 0.6 is 11.3 Å². The van der Waals surface area contributed by atoms with E-state index in [9.17, 15) is 9.59 Å². The molecular formula is C10H11N5O2S. The Morgan fingerprint density at radius 2 is 2.11 bits per heavy atom. The van der Waals surface area contributed by atoms with E-state index in [4.69, 9.17) is 0 Å². The highest BCUT2D eigenvalue weighted by atomic mass is 32.1. The lowest BCUT2D eigenvalue weighted by Gasteiger charge is -2.32. The SMILES string of the molecule is O=CN1CCN(C(=O)c2cn3ncsc3n2)CC1. The minimum absolute atomic E-state index is 0.0988. The second kappa shape index (κ2) is 4.37. The Bertz CT molecular complexity index is 555. The molecule has 8 heteroatoms. The van der Waals surface area contributed by atoms with Crippen LogP contribution in [0, 0.1) is 0 Å². The molecule has 0 aromatic carbocycles. The van der Waals surface area contributed by atoms with Gasteiger partial charge in [0.15, 0.2) is 0 Å². The van der Waals surface area contributed by atoms with Gasteiger partial charge < -0.3 is 9.80 Å². The zero-order chi connectivity index (χ0) is 12.5. The van der Waals surface area contributed by atoms with Gasteiger partial charge in [-0.3, -0.25) is 9.59 Å². The molecule has 7 nitrogen and oxygen atoms in total. The number of aromatic nitrogens is 3. The molecule has 0 atom stereocenters. The average molecular weight is 265 g/mol. The molecule has 0 spiro atoms. The first-order chi connectivity index (χ1) is 8.78. The van der Waals surface area contributed by atoms with E-state index in [1.807, 2.05) is 0 Å². The van der Waals surface area contributed by atoms with E-state index in [1.165, 1.54) is 11.3 Å². The van der Waals surface area contributed by atoms with Crippen molar-refractivity contribution in [1.29, 1.82) is 0 Å². The Hall–Kier alpha value is -1.96. The predicted octanol–water partition coefficient (Wildman–Crippen LogP) is -0.295. The van der Waals surface area contributed by atoms with E-state index < -0.39 is 0 Å². The van der Waals surface area contributed by atoms with Crippen LogP contribution < -0.4 is 0 Å². The van der Waals surface area contributed by atoms with Crippen molar-refractivity contribution in [2.24, 2.45) is 0 Å². The summed E-state index contributed by atoms with van der Waals surface area (Å²) in [5, 5.41) is 4.04. The van der Waals surface area contributed by atoms with Crippen LogP contribution in [0.15, 0.2) is 11.7 Å². The van der Waals surface area contributed by atoms with Gasteiger partial charge in [-0.05, 0) is 0 Å². The number of piperazine rings is 1. The van der Waals surface area contributed by atoms with Gasteiger partial charge in [-0.25, -0.2) is 9.50 Å². The smallest absolute Gasteiger partial charge is 0.274 e. The first-order valence-electron chi connectivity index (χ1n) is 5.55. The largest absolute Gasteiger partial charge is 0.342 e. The summed E-state index contributed by atoms with van der Waals surface area (Å²) in [5.74, 6) is -0.0988. The summed E-state index contributed by atoms with van der Waals surface area (Å²) < 4.78 is 1.60. The van der Waals surface area contributed by atoms with Gasteiger partial charge in [0.05, 0.1) is 6.20 Å². The quantitative estimate of drug-likeness (QED) is 0.699. The summed E-state index contributed by atoms with van der Waals surface area (Å²) in [6.07, 6.45) is 2.46. The molecule has 0 bridgehead atoms. The Balaban J connectivity index is 1.75. The first kappa shape index (κ1) is 11.1. The van der Waals surface area contributed by atoms with Crippen LogP contribution in [-0.2, 0) is 4.79 Å². The molecule has 3 rings (SSSR count). The van der Waals surface area contributed by atoms with Crippen LogP contribution in [0.5, 0.6) is 0 Å². The Morgan fingerprint density at radius 1 is 1.33 bits per heavy atom. The second-order valence-electron chi connectivity index (χ2n) is 4.03.